The summed E-state index contributed by atoms with van der Waals surface area (Å²) < 4.78 is 30.5. The molecule has 2 saturated heterocycles. The van der Waals surface area contributed by atoms with E-state index >= 15 is 0 Å². The van der Waals surface area contributed by atoms with Crippen LogP contribution in [0.15, 0.2) is 41.8 Å². The Morgan fingerprint density at radius 2 is 1.79 bits per heavy atom. The number of fused-ring (bicyclic) bond motifs is 2. The molecule has 2 unspecified atom stereocenters. The molecule has 3 heterocycles. The second-order valence-corrected chi connectivity index (χ2v) is 8.94. The minimum absolute atomic E-state index is 0.0989. The van der Waals surface area contributed by atoms with Gasteiger partial charge in [-0.25, -0.2) is 13.4 Å². The Hall–Kier alpha value is -1.66. The smallest absolute Gasteiger partial charge is 0.243 e. The minimum Gasteiger partial charge on any atom is -0.334 e. The average Bonchev–Trinajstić information content (AvgIpc) is 3.14. The quantitative estimate of drug-likeness (QED) is 0.859. The first kappa shape index (κ1) is 15.8. The fraction of sp³-hybridized carbons (Fsp3) is 0.500. The van der Waals surface area contributed by atoms with E-state index in [1.807, 2.05) is 38.5 Å². The molecule has 0 spiro atoms. The predicted molar refractivity (Wildman–Crippen MR) is 92.2 cm³/mol. The number of hydrogen-bond donors (Lipinski definition) is 0. The Morgan fingerprint density at radius 3 is 2.38 bits per heavy atom. The molecule has 2 bridgehead atoms. The van der Waals surface area contributed by atoms with Crippen LogP contribution in [-0.2, 0) is 10.0 Å². The first-order valence-corrected chi connectivity index (χ1v) is 9.99. The number of benzene rings is 1. The third-order valence-electron chi connectivity index (χ3n) is 5.47. The number of sulfonamides is 1. The number of rotatable bonds is 3. The van der Waals surface area contributed by atoms with Gasteiger partial charge in [0.1, 0.15) is 0 Å². The molecule has 2 atom stereocenters. The summed E-state index contributed by atoms with van der Waals surface area (Å²) in [5.74, 6) is 0. The molecular formula is C18H23N3O2S. The van der Waals surface area contributed by atoms with E-state index in [0.29, 0.717) is 10.9 Å². The van der Waals surface area contributed by atoms with E-state index in [4.69, 9.17) is 0 Å². The molecule has 6 heteroatoms. The third kappa shape index (κ3) is 2.48. The molecular weight excluding hydrogens is 322 g/mol. The lowest BCUT2D eigenvalue weighted by molar-refractivity contribution is 0.193. The second kappa shape index (κ2) is 5.70. The van der Waals surface area contributed by atoms with Crippen LogP contribution in [0.5, 0.6) is 0 Å². The fourth-order valence-corrected chi connectivity index (χ4v) is 6.53. The van der Waals surface area contributed by atoms with Crippen molar-refractivity contribution < 1.29 is 8.42 Å². The number of piperidine rings is 1. The molecule has 24 heavy (non-hydrogen) atoms. The summed E-state index contributed by atoms with van der Waals surface area (Å²) in [6.07, 6.45) is 9.28. The maximum Gasteiger partial charge on any atom is 0.243 e. The Kier molecular flexibility index (Phi) is 3.77. The predicted octanol–water partition coefficient (Wildman–Crippen LogP) is 3.06. The summed E-state index contributed by atoms with van der Waals surface area (Å²) in [6, 6.07) is 6.16. The number of aromatic nitrogens is 2. The van der Waals surface area contributed by atoms with Crippen LogP contribution >= 0.6 is 0 Å². The summed E-state index contributed by atoms with van der Waals surface area (Å²) >= 11 is 0. The van der Waals surface area contributed by atoms with Gasteiger partial charge in [-0.05, 0) is 51.2 Å². The molecule has 0 saturated carbocycles. The lowest BCUT2D eigenvalue weighted by Gasteiger charge is -2.38. The highest BCUT2D eigenvalue weighted by Gasteiger charge is 2.47. The van der Waals surface area contributed by atoms with Crippen LogP contribution in [0.25, 0.3) is 0 Å². The van der Waals surface area contributed by atoms with E-state index in [9.17, 15) is 8.42 Å². The summed E-state index contributed by atoms with van der Waals surface area (Å²) in [7, 11) is -3.43. The van der Waals surface area contributed by atoms with Gasteiger partial charge in [0.2, 0.25) is 10.0 Å². The largest absolute Gasteiger partial charge is 0.334 e. The highest BCUT2D eigenvalue weighted by atomic mass is 32.2. The molecule has 2 fully saturated rings. The van der Waals surface area contributed by atoms with Gasteiger partial charge in [-0.2, -0.15) is 4.31 Å². The van der Waals surface area contributed by atoms with Crippen molar-refractivity contribution in [3.05, 3.63) is 48.0 Å². The van der Waals surface area contributed by atoms with Crippen molar-refractivity contribution in [3.8, 4) is 0 Å². The zero-order valence-electron chi connectivity index (χ0n) is 14.1. The number of hydrogen-bond acceptors (Lipinski definition) is 3. The van der Waals surface area contributed by atoms with Crippen LogP contribution < -0.4 is 0 Å². The van der Waals surface area contributed by atoms with Crippen LogP contribution in [-0.4, -0.2) is 34.4 Å². The van der Waals surface area contributed by atoms with Crippen LogP contribution in [0.2, 0.25) is 0 Å². The van der Waals surface area contributed by atoms with E-state index < -0.39 is 10.0 Å². The van der Waals surface area contributed by atoms with Crippen molar-refractivity contribution >= 4 is 10.0 Å². The molecule has 1 aromatic carbocycles. The van der Waals surface area contributed by atoms with Crippen molar-refractivity contribution in [3.63, 3.8) is 0 Å². The zero-order chi connectivity index (χ0) is 16.9. The van der Waals surface area contributed by atoms with Gasteiger partial charge in [0.05, 0.1) is 11.2 Å². The Labute approximate surface area is 143 Å². The first-order chi connectivity index (χ1) is 11.5. The molecule has 2 aliphatic heterocycles. The van der Waals surface area contributed by atoms with Crippen molar-refractivity contribution in [2.75, 3.05) is 0 Å². The van der Waals surface area contributed by atoms with Gasteiger partial charge in [-0.1, -0.05) is 17.7 Å². The number of imidazole rings is 1. The van der Waals surface area contributed by atoms with E-state index in [1.165, 1.54) is 0 Å². The molecule has 1 aromatic heterocycles. The van der Waals surface area contributed by atoms with Crippen LogP contribution in [0.3, 0.4) is 0 Å². The van der Waals surface area contributed by atoms with Gasteiger partial charge < -0.3 is 4.57 Å². The standard InChI is InChI=1S/C18H23N3O2S/c1-13-3-6-18(14(2)9-13)24(22,23)21-15-4-5-16(21)11-17(10-15)20-8-7-19-12-20/h3,6-9,12,15-17H,4-5,10-11H2,1-2H3. The van der Waals surface area contributed by atoms with Gasteiger partial charge in [-0.3, -0.25) is 0 Å². The van der Waals surface area contributed by atoms with Crippen LogP contribution in [0.1, 0.15) is 42.9 Å². The maximum atomic E-state index is 13.3. The van der Waals surface area contributed by atoms with Gasteiger partial charge in [0, 0.05) is 30.5 Å². The summed E-state index contributed by atoms with van der Waals surface area (Å²) in [5, 5.41) is 0. The second-order valence-electron chi connectivity index (χ2n) is 7.12. The molecule has 0 amide bonds. The zero-order valence-corrected chi connectivity index (χ0v) is 14.9. The highest BCUT2D eigenvalue weighted by Crippen LogP contribution is 2.44. The van der Waals surface area contributed by atoms with E-state index in [1.54, 1.807) is 16.6 Å². The Morgan fingerprint density at radius 1 is 1.08 bits per heavy atom. The summed E-state index contributed by atoms with van der Waals surface area (Å²) in [5.41, 5.74) is 1.93. The van der Waals surface area contributed by atoms with E-state index in [2.05, 4.69) is 9.55 Å². The number of nitrogens with zero attached hydrogens (tertiary/aromatic N) is 3. The topological polar surface area (TPSA) is 55.2 Å². The Balaban J connectivity index is 1.65. The number of aryl methyl sites for hydroxylation is 2. The molecule has 5 nitrogen and oxygen atoms in total. The normalized spacial score (nSPS) is 27.5. The van der Waals surface area contributed by atoms with Crippen molar-refractivity contribution in [1.82, 2.24) is 13.9 Å². The molecule has 4 rings (SSSR count). The lowest BCUT2D eigenvalue weighted by Crippen LogP contribution is -2.46. The summed E-state index contributed by atoms with van der Waals surface area (Å²) in [4.78, 5) is 4.60. The van der Waals surface area contributed by atoms with E-state index in [0.717, 1.165) is 36.8 Å². The molecule has 2 aromatic rings. The average molecular weight is 345 g/mol. The molecule has 0 aliphatic carbocycles. The van der Waals surface area contributed by atoms with Gasteiger partial charge >= 0.3 is 0 Å². The van der Waals surface area contributed by atoms with E-state index in [-0.39, 0.29) is 12.1 Å². The van der Waals surface area contributed by atoms with Crippen molar-refractivity contribution in [2.45, 2.75) is 62.6 Å². The minimum atomic E-state index is -3.43. The molecule has 0 N–H and O–H groups in total. The summed E-state index contributed by atoms with van der Waals surface area (Å²) in [6.45, 7) is 3.88. The van der Waals surface area contributed by atoms with Crippen LogP contribution in [0, 0.1) is 13.8 Å². The maximum absolute atomic E-state index is 13.3. The lowest BCUT2D eigenvalue weighted by atomic mass is 10.00. The third-order valence-corrected chi connectivity index (χ3v) is 7.64. The SMILES string of the molecule is Cc1ccc(S(=O)(=O)N2C3CCC2CC(n2ccnc2)C3)c(C)c1. The molecule has 0 radical (unpaired) electrons. The molecule has 2 aliphatic rings. The monoisotopic (exact) mass is 345 g/mol. The van der Waals surface area contributed by atoms with Crippen LogP contribution in [0.4, 0.5) is 0 Å². The van der Waals surface area contributed by atoms with Crippen molar-refractivity contribution in [1.29, 1.82) is 0 Å². The van der Waals surface area contributed by atoms with Gasteiger partial charge in [0.25, 0.3) is 0 Å². The fourth-order valence-electron chi connectivity index (χ4n) is 4.43. The highest BCUT2D eigenvalue weighted by molar-refractivity contribution is 7.89. The van der Waals surface area contributed by atoms with Gasteiger partial charge in [0.15, 0.2) is 0 Å². The van der Waals surface area contributed by atoms with Crippen molar-refractivity contribution in [2.24, 2.45) is 0 Å². The first-order valence-electron chi connectivity index (χ1n) is 8.55. The Bertz CT molecular complexity index is 831. The molecule has 128 valence electrons. The van der Waals surface area contributed by atoms with Gasteiger partial charge in [-0.15, -0.1) is 0 Å².